The van der Waals surface area contributed by atoms with Crippen LogP contribution in [0, 0.1) is 0 Å². The maximum Gasteiger partial charge on any atom is 0.296 e. The zero-order valence-corrected chi connectivity index (χ0v) is 6.13. The van der Waals surface area contributed by atoms with Gasteiger partial charge >= 0.3 is 0 Å². The van der Waals surface area contributed by atoms with E-state index in [-0.39, 0.29) is 5.75 Å². The second-order valence-corrected chi connectivity index (χ2v) is 2.08. The number of rotatable bonds is 2. The lowest BCUT2D eigenvalue weighted by molar-refractivity contribution is 0.112. The standard InChI is InChI=1S/C8H8O3/c1-11-8-4-6(5-9)2-3-7(8)10/h2-5,10H,1H3/p+1. The van der Waals surface area contributed by atoms with Crippen LogP contribution in [-0.2, 0) is 0 Å². The molecule has 0 aliphatic carbocycles. The van der Waals surface area contributed by atoms with Gasteiger partial charge in [-0.25, -0.2) is 0 Å². The number of ether oxygens (including phenoxy) is 1. The Hall–Kier alpha value is -1.51. The van der Waals surface area contributed by atoms with E-state index in [1.807, 2.05) is 0 Å². The van der Waals surface area contributed by atoms with Crippen LogP contribution in [0.1, 0.15) is 10.4 Å². The van der Waals surface area contributed by atoms with Crippen LogP contribution < -0.4 is 4.74 Å². The highest BCUT2D eigenvalue weighted by atomic mass is 16.5. The molecule has 0 aliphatic rings. The van der Waals surface area contributed by atoms with Gasteiger partial charge in [0.15, 0.2) is 0 Å². The first-order valence-electron chi connectivity index (χ1n) is 3.12. The Kier molecular flexibility index (Phi) is 2.11. The summed E-state index contributed by atoms with van der Waals surface area (Å²) < 4.78 is 4.84. The van der Waals surface area contributed by atoms with Gasteiger partial charge in [-0.15, -0.1) is 0 Å². The lowest BCUT2D eigenvalue weighted by atomic mass is 10.2. The first-order chi connectivity index (χ1) is 5.27. The molecule has 0 radical (unpaired) electrons. The Morgan fingerprint density at radius 2 is 2.27 bits per heavy atom. The Morgan fingerprint density at radius 1 is 1.55 bits per heavy atom. The molecule has 11 heavy (non-hydrogen) atoms. The van der Waals surface area contributed by atoms with Gasteiger partial charge < -0.3 is 9.84 Å². The summed E-state index contributed by atoms with van der Waals surface area (Å²) in [4.78, 5) is 10.3. The first-order valence-corrected chi connectivity index (χ1v) is 3.12. The van der Waals surface area contributed by atoms with Gasteiger partial charge in [-0.3, -0.25) is 4.79 Å². The van der Waals surface area contributed by atoms with E-state index in [2.05, 4.69) is 0 Å². The predicted molar refractivity (Wildman–Crippen MR) is 41.4 cm³/mol. The van der Waals surface area contributed by atoms with Gasteiger partial charge in [-0.2, -0.15) is 0 Å². The fraction of sp³-hybridized carbons (Fsp3) is 0.125. The Bertz CT molecular complexity index is 268. The van der Waals surface area contributed by atoms with Crippen molar-refractivity contribution in [2.24, 2.45) is 0 Å². The SMILES string of the molecule is COc1cc(C=O)ccc1[OH2+]. The van der Waals surface area contributed by atoms with Crippen molar-refractivity contribution < 1.29 is 14.6 Å². The summed E-state index contributed by atoms with van der Waals surface area (Å²) in [6.07, 6.45) is 0.724. The maximum atomic E-state index is 10.3. The summed E-state index contributed by atoms with van der Waals surface area (Å²) in [6, 6.07) is 4.65. The van der Waals surface area contributed by atoms with E-state index < -0.39 is 0 Å². The van der Waals surface area contributed by atoms with Crippen molar-refractivity contribution in [3.8, 4) is 11.5 Å². The summed E-state index contributed by atoms with van der Waals surface area (Å²) >= 11 is 0. The van der Waals surface area contributed by atoms with Gasteiger partial charge in [0, 0.05) is 17.7 Å². The van der Waals surface area contributed by atoms with Gasteiger partial charge in [-0.05, 0) is 6.07 Å². The van der Waals surface area contributed by atoms with Crippen molar-refractivity contribution in [2.45, 2.75) is 0 Å². The van der Waals surface area contributed by atoms with E-state index in [0.717, 1.165) is 6.29 Å². The largest absolute Gasteiger partial charge is 0.591 e. The number of aldehydes is 1. The average molecular weight is 153 g/mol. The third-order valence-corrected chi connectivity index (χ3v) is 1.36. The molecule has 0 fully saturated rings. The molecule has 0 unspecified atom stereocenters. The molecular formula is C8H9O3+. The number of methoxy groups -OCH3 is 1. The van der Waals surface area contributed by atoms with E-state index in [9.17, 15) is 4.79 Å². The third kappa shape index (κ3) is 1.49. The Balaban J connectivity index is 3.12. The highest BCUT2D eigenvalue weighted by Gasteiger charge is 2.04. The molecule has 1 aromatic carbocycles. The summed E-state index contributed by atoms with van der Waals surface area (Å²) in [5.74, 6) is 0.715. The average Bonchev–Trinajstić information content (AvgIpc) is 2.05. The number of carbonyl (C=O) groups excluding carboxylic acids is 1. The molecule has 0 saturated carbocycles. The van der Waals surface area contributed by atoms with Crippen molar-refractivity contribution in [3.05, 3.63) is 23.8 Å². The van der Waals surface area contributed by atoms with E-state index in [1.54, 1.807) is 6.07 Å². The smallest absolute Gasteiger partial charge is 0.296 e. The molecule has 0 aromatic heterocycles. The minimum atomic E-state index is 0.290. The van der Waals surface area contributed by atoms with Gasteiger partial charge in [0.1, 0.15) is 6.29 Å². The van der Waals surface area contributed by atoms with E-state index in [4.69, 9.17) is 9.84 Å². The molecule has 58 valence electrons. The lowest BCUT2D eigenvalue weighted by Gasteiger charge is -1.98. The minimum Gasteiger partial charge on any atom is -0.591 e. The number of benzene rings is 1. The fourth-order valence-electron chi connectivity index (χ4n) is 0.781. The molecule has 0 aliphatic heterocycles. The van der Waals surface area contributed by atoms with Crippen LogP contribution in [0.25, 0.3) is 0 Å². The molecule has 0 saturated heterocycles. The summed E-state index contributed by atoms with van der Waals surface area (Å²) in [7, 11) is 1.47. The summed E-state index contributed by atoms with van der Waals surface area (Å²) in [5.41, 5.74) is 0.526. The highest BCUT2D eigenvalue weighted by molar-refractivity contribution is 5.76. The van der Waals surface area contributed by atoms with Crippen LogP contribution in [0.2, 0.25) is 0 Å². The molecule has 3 nitrogen and oxygen atoms in total. The number of hydrogen-bond donors (Lipinski definition) is 0. The minimum absolute atomic E-state index is 0.290. The van der Waals surface area contributed by atoms with Crippen molar-refractivity contribution in [2.75, 3.05) is 7.11 Å². The van der Waals surface area contributed by atoms with Gasteiger partial charge in [0.2, 0.25) is 5.75 Å². The molecule has 1 rings (SSSR count). The van der Waals surface area contributed by atoms with Crippen LogP contribution >= 0.6 is 0 Å². The number of carbonyl (C=O) groups is 1. The van der Waals surface area contributed by atoms with Crippen LogP contribution in [0.4, 0.5) is 0 Å². The van der Waals surface area contributed by atoms with Crippen molar-refractivity contribution in [3.63, 3.8) is 0 Å². The normalized spacial score (nSPS) is 9.18. The highest BCUT2D eigenvalue weighted by Crippen LogP contribution is 2.25. The Morgan fingerprint density at radius 3 is 2.82 bits per heavy atom. The summed E-state index contributed by atoms with van der Waals surface area (Å²) in [5, 5.41) is 7.30. The van der Waals surface area contributed by atoms with E-state index in [1.165, 1.54) is 19.2 Å². The summed E-state index contributed by atoms with van der Waals surface area (Å²) in [6.45, 7) is 0. The number of hydrogen-bond acceptors (Lipinski definition) is 2. The van der Waals surface area contributed by atoms with Crippen molar-refractivity contribution in [1.82, 2.24) is 0 Å². The zero-order chi connectivity index (χ0) is 8.27. The fourth-order valence-corrected chi connectivity index (χ4v) is 0.781. The second-order valence-electron chi connectivity index (χ2n) is 2.08. The molecule has 0 atom stereocenters. The molecule has 0 bridgehead atoms. The molecule has 1 aromatic rings. The molecular weight excluding hydrogens is 144 g/mol. The third-order valence-electron chi connectivity index (χ3n) is 1.36. The molecule has 3 heteroatoms. The van der Waals surface area contributed by atoms with Crippen LogP contribution in [0.3, 0.4) is 0 Å². The van der Waals surface area contributed by atoms with Crippen LogP contribution in [0.5, 0.6) is 11.5 Å². The van der Waals surface area contributed by atoms with Gasteiger partial charge in [-0.1, -0.05) is 0 Å². The van der Waals surface area contributed by atoms with E-state index >= 15 is 0 Å². The molecule has 0 spiro atoms. The monoisotopic (exact) mass is 153 g/mol. The van der Waals surface area contributed by atoms with Crippen LogP contribution in [0.15, 0.2) is 18.2 Å². The predicted octanol–water partition coefficient (Wildman–Crippen LogP) is 0.946. The van der Waals surface area contributed by atoms with Crippen molar-refractivity contribution >= 4 is 6.29 Å². The molecule has 0 heterocycles. The zero-order valence-electron chi connectivity index (χ0n) is 6.13. The van der Waals surface area contributed by atoms with Crippen molar-refractivity contribution in [1.29, 1.82) is 0 Å². The van der Waals surface area contributed by atoms with E-state index in [0.29, 0.717) is 11.3 Å². The quantitative estimate of drug-likeness (QED) is 0.469. The molecule has 2 N–H and O–H groups in total. The van der Waals surface area contributed by atoms with Crippen LogP contribution in [-0.4, -0.2) is 18.5 Å². The maximum absolute atomic E-state index is 10.3. The first kappa shape index (κ1) is 7.60. The molecule has 0 amide bonds. The second kappa shape index (κ2) is 3.05. The van der Waals surface area contributed by atoms with Gasteiger partial charge in [0.25, 0.3) is 5.75 Å². The topological polar surface area (TPSA) is 49.2 Å². The Labute approximate surface area is 64.2 Å². The lowest BCUT2D eigenvalue weighted by Crippen LogP contribution is -1.85. The van der Waals surface area contributed by atoms with Gasteiger partial charge in [0.05, 0.1) is 7.11 Å².